The number of likely N-dealkylation sites (tertiary alicyclic amines) is 1. The van der Waals surface area contributed by atoms with Crippen LogP contribution < -0.4 is 5.32 Å². The quantitative estimate of drug-likeness (QED) is 0.394. The van der Waals surface area contributed by atoms with E-state index < -0.39 is 23.5 Å². The molecule has 1 aliphatic heterocycles. The van der Waals surface area contributed by atoms with Gasteiger partial charge in [0.25, 0.3) is 0 Å². The van der Waals surface area contributed by atoms with Gasteiger partial charge in [0.05, 0.1) is 17.6 Å². The number of fused-ring (bicyclic) bond motifs is 1. The highest BCUT2D eigenvalue weighted by Crippen LogP contribution is 2.37. The van der Waals surface area contributed by atoms with Crippen LogP contribution in [0.2, 0.25) is 5.02 Å². The van der Waals surface area contributed by atoms with Gasteiger partial charge in [-0.3, -0.25) is 4.79 Å². The van der Waals surface area contributed by atoms with E-state index in [9.17, 15) is 19.1 Å². The van der Waals surface area contributed by atoms with Gasteiger partial charge in [-0.25, -0.2) is 24.1 Å². The van der Waals surface area contributed by atoms with Gasteiger partial charge in [-0.05, 0) is 50.5 Å². The number of nitrogens with zero attached hydrogens (tertiary/aromatic N) is 4. The van der Waals surface area contributed by atoms with Crippen molar-refractivity contribution in [1.82, 2.24) is 24.8 Å². The van der Waals surface area contributed by atoms with Crippen LogP contribution in [0.4, 0.5) is 15.0 Å². The Morgan fingerprint density at radius 1 is 1.27 bits per heavy atom. The van der Waals surface area contributed by atoms with Gasteiger partial charge in [-0.15, -0.1) is 0 Å². The molecular formula is C25H28ClFN6O4. The van der Waals surface area contributed by atoms with Gasteiger partial charge >= 0.3 is 12.1 Å². The molecule has 37 heavy (non-hydrogen) atoms. The van der Waals surface area contributed by atoms with E-state index >= 15 is 0 Å². The van der Waals surface area contributed by atoms with Crippen LogP contribution in [-0.2, 0) is 9.53 Å². The van der Waals surface area contributed by atoms with E-state index in [1.165, 1.54) is 6.20 Å². The molecule has 1 aliphatic carbocycles. The van der Waals surface area contributed by atoms with Gasteiger partial charge in [-0.2, -0.15) is 0 Å². The number of pyridine rings is 1. The highest BCUT2D eigenvalue weighted by Gasteiger charge is 2.41. The zero-order chi connectivity index (χ0) is 26.0. The molecule has 5 rings (SSSR count). The van der Waals surface area contributed by atoms with Crippen LogP contribution in [0.5, 0.6) is 0 Å². The number of carbonyl (C=O) groups excluding carboxylic acids is 1. The SMILES string of the molecule is O=C(O)CC1(OC(=O)N2CCCC(CNc3nc(-c4c[nH]c5ncc(Cl)cc45)ncc3F)C2)CCCC1. The minimum absolute atomic E-state index is 0.0502. The standard InChI is InChI=1S/C25H28ClFN6O4/c26-16-8-17-18(12-30-21(17)29-11-16)22-31-13-19(27)23(32-22)28-10-15-4-3-7-33(14-15)24(36)37-25(9-20(34)35)5-1-2-6-25/h8,11-13,15H,1-7,9-10,14H2,(H,29,30)(H,34,35)(H,28,31,32). The molecule has 0 spiro atoms. The summed E-state index contributed by atoms with van der Waals surface area (Å²) in [6.07, 6.45) is 8.16. The minimum atomic E-state index is -0.964. The first kappa shape index (κ1) is 25.2. The number of aromatic amines is 1. The van der Waals surface area contributed by atoms with Crippen LogP contribution >= 0.6 is 11.6 Å². The summed E-state index contributed by atoms with van der Waals surface area (Å²) in [5.74, 6) is -1.10. The summed E-state index contributed by atoms with van der Waals surface area (Å²) in [7, 11) is 0. The Hall–Kier alpha value is -3.47. The molecule has 196 valence electrons. The summed E-state index contributed by atoms with van der Waals surface area (Å²) in [4.78, 5) is 41.7. The molecule has 1 atom stereocenters. The Labute approximate surface area is 217 Å². The summed E-state index contributed by atoms with van der Waals surface area (Å²) in [6.45, 7) is 1.38. The molecule has 0 bridgehead atoms. The third kappa shape index (κ3) is 5.61. The number of aromatic nitrogens is 4. The fourth-order valence-electron chi connectivity index (χ4n) is 5.28. The van der Waals surface area contributed by atoms with E-state index in [-0.39, 0.29) is 18.2 Å². The molecule has 2 aliphatic rings. The number of piperidine rings is 1. The van der Waals surface area contributed by atoms with Crippen molar-refractivity contribution in [2.75, 3.05) is 25.0 Å². The monoisotopic (exact) mass is 530 g/mol. The average Bonchev–Trinajstić information content (AvgIpc) is 3.50. The first-order valence-electron chi connectivity index (χ1n) is 12.4. The predicted molar refractivity (Wildman–Crippen MR) is 135 cm³/mol. The molecule has 10 nitrogen and oxygen atoms in total. The van der Waals surface area contributed by atoms with E-state index in [0.717, 1.165) is 37.3 Å². The topological polar surface area (TPSA) is 133 Å². The molecule has 3 aromatic rings. The first-order chi connectivity index (χ1) is 17.8. The number of anilines is 1. The van der Waals surface area contributed by atoms with Crippen LogP contribution in [-0.4, -0.2) is 67.2 Å². The Morgan fingerprint density at radius 2 is 2.08 bits per heavy atom. The second-order valence-electron chi connectivity index (χ2n) is 9.81. The lowest BCUT2D eigenvalue weighted by atomic mass is 9.97. The van der Waals surface area contributed by atoms with Gasteiger partial charge < -0.3 is 25.0 Å². The van der Waals surface area contributed by atoms with Crippen LogP contribution in [0, 0.1) is 11.7 Å². The van der Waals surface area contributed by atoms with Crippen LogP contribution in [0.3, 0.4) is 0 Å². The summed E-state index contributed by atoms with van der Waals surface area (Å²) >= 11 is 6.09. The van der Waals surface area contributed by atoms with E-state index in [1.54, 1.807) is 17.2 Å². The van der Waals surface area contributed by atoms with Crippen molar-refractivity contribution < 1.29 is 23.8 Å². The Balaban J connectivity index is 1.24. The number of aliphatic carboxylic acids is 1. The Bertz CT molecular complexity index is 1310. The number of hydrogen-bond donors (Lipinski definition) is 3. The summed E-state index contributed by atoms with van der Waals surface area (Å²) in [5, 5.41) is 13.6. The molecule has 1 unspecified atom stereocenters. The number of ether oxygens (including phenoxy) is 1. The molecule has 0 radical (unpaired) electrons. The molecule has 0 aromatic carbocycles. The third-order valence-corrected chi connectivity index (χ3v) is 7.32. The maximum Gasteiger partial charge on any atom is 0.410 e. The molecule has 1 saturated carbocycles. The zero-order valence-electron chi connectivity index (χ0n) is 20.2. The van der Waals surface area contributed by atoms with E-state index in [2.05, 4.69) is 25.3 Å². The minimum Gasteiger partial charge on any atom is -0.481 e. The molecule has 3 aromatic heterocycles. The van der Waals surface area contributed by atoms with Crippen LogP contribution in [0.25, 0.3) is 22.4 Å². The zero-order valence-corrected chi connectivity index (χ0v) is 20.9. The number of hydrogen-bond acceptors (Lipinski definition) is 7. The van der Waals surface area contributed by atoms with Crippen molar-refractivity contribution in [3.63, 3.8) is 0 Å². The van der Waals surface area contributed by atoms with Gasteiger partial charge in [0.1, 0.15) is 11.2 Å². The van der Waals surface area contributed by atoms with Crippen molar-refractivity contribution in [1.29, 1.82) is 0 Å². The smallest absolute Gasteiger partial charge is 0.410 e. The van der Waals surface area contributed by atoms with Gasteiger partial charge in [-0.1, -0.05) is 11.6 Å². The predicted octanol–water partition coefficient (Wildman–Crippen LogP) is 4.86. The van der Waals surface area contributed by atoms with Crippen LogP contribution in [0.1, 0.15) is 44.9 Å². The largest absolute Gasteiger partial charge is 0.481 e. The number of H-pyrrole nitrogens is 1. The highest BCUT2D eigenvalue weighted by atomic mass is 35.5. The number of amides is 1. The van der Waals surface area contributed by atoms with Gasteiger partial charge in [0.2, 0.25) is 0 Å². The Morgan fingerprint density at radius 3 is 2.86 bits per heavy atom. The van der Waals surface area contributed by atoms with Gasteiger partial charge in [0.15, 0.2) is 17.5 Å². The lowest BCUT2D eigenvalue weighted by molar-refractivity contribution is -0.142. The number of carbonyl (C=O) groups is 2. The first-order valence-corrected chi connectivity index (χ1v) is 12.8. The fourth-order valence-corrected chi connectivity index (χ4v) is 5.44. The molecular weight excluding hydrogens is 503 g/mol. The summed E-state index contributed by atoms with van der Waals surface area (Å²) in [6, 6.07) is 1.75. The maximum absolute atomic E-state index is 14.6. The number of nitrogens with one attached hydrogen (secondary N) is 2. The molecule has 3 N–H and O–H groups in total. The highest BCUT2D eigenvalue weighted by molar-refractivity contribution is 6.31. The van der Waals surface area contributed by atoms with Crippen molar-refractivity contribution in [3.05, 3.63) is 35.5 Å². The average molecular weight is 531 g/mol. The van der Waals surface area contributed by atoms with Crippen molar-refractivity contribution in [3.8, 4) is 11.4 Å². The number of rotatable bonds is 7. The summed E-state index contributed by atoms with van der Waals surface area (Å²) < 4.78 is 20.3. The molecule has 12 heteroatoms. The number of halogens is 2. The van der Waals surface area contributed by atoms with Crippen molar-refractivity contribution in [2.24, 2.45) is 5.92 Å². The Kier molecular flexibility index (Phi) is 7.14. The third-order valence-electron chi connectivity index (χ3n) is 7.11. The van der Waals surface area contributed by atoms with E-state index in [0.29, 0.717) is 54.5 Å². The number of carboxylic acid groups (broad SMARTS) is 1. The fraction of sp³-hybridized carbons (Fsp3) is 0.480. The molecule has 4 heterocycles. The lowest BCUT2D eigenvalue weighted by Crippen LogP contribution is -2.46. The lowest BCUT2D eigenvalue weighted by Gasteiger charge is -2.36. The molecule has 1 amide bonds. The van der Waals surface area contributed by atoms with Crippen LogP contribution in [0.15, 0.2) is 24.7 Å². The number of carboxylic acids is 1. The van der Waals surface area contributed by atoms with E-state index in [4.69, 9.17) is 16.3 Å². The van der Waals surface area contributed by atoms with Crippen molar-refractivity contribution >= 4 is 40.5 Å². The molecule has 2 fully saturated rings. The second-order valence-corrected chi connectivity index (χ2v) is 10.2. The van der Waals surface area contributed by atoms with Crippen molar-refractivity contribution in [2.45, 2.75) is 50.5 Å². The normalized spacial score (nSPS) is 19.2. The van der Waals surface area contributed by atoms with E-state index in [1.807, 2.05) is 0 Å². The maximum atomic E-state index is 14.6. The molecule has 1 saturated heterocycles. The second kappa shape index (κ2) is 10.5. The summed E-state index contributed by atoms with van der Waals surface area (Å²) in [5.41, 5.74) is 0.358. The van der Waals surface area contributed by atoms with Gasteiger partial charge in [0, 0.05) is 43.0 Å².